The van der Waals surface area contributed by atoms with Gasteiger partial charge in [-0.05, 0) is 31.6 Å². The molecule has 2 rings (SSSR count). The normalized spacial score (nSPS) is 51.5. The summed E-state index contributed by atoms with van der Waals surface area (Å²) in [6, 6.07) is 0. The Balaban J connectivity index is 2.24. The lowest BCUT2D eigenvalue weighted by Gasteiger charge is -2.45. The van der Waals surface area contributed by atoms with Crippen molar-refractivity contribution in [3.05, 3.63) is 0 Å². The summed E-state index contributed by atoms with van der Waals surface area (Å²) in [5.41, 5.74) is -0.209. The van der Waals surface area contributed by atoms with Crippen LogP contribution in [0.3, 0.4) is 0 Å². The highest BCUT2D eigenvalue weighted by Gasteiger charge is 2.47. The minimum atomic E-state index is -0.281. The highest BCUT2D eigenvalue weighted by molar-refractivity contribution is 4.98. The van der Waals surface area contributed by atoms with E-state index in [2.05, 4.69) is 6.92 Å². The van der Waals surface area contributed by atoms with Crippen LogP contribution < -0.4 is 0 Å². The molecule has 13 heavy (non-hydrogen) atoms. The van der Waals surface area contributed by atoms with E-state index in [0.29, 0.717) is 5.92 Å². The Morgan fingerprint density at radius 2 is 1.85 bits per heavy atom. The molecule has 4 unspecified atom stereocenters. The Bertz CT molecular complexity index is 193. The summed E-state index contributed by atoms with van der Waals surface area (Å²) in [5, 5.41) is 20.1. The number of aliphatic hydroxyl groups excluding tert-OH is 2. The zero-order valence-corrected chi connectivity index (χ0v) is 8.37. The van der Waals surface area contributed by atoms with Crippen LogP contribution in [0.2, 0.25) is 0 Å². The summed E-state index contributed by atoms with van der Waals surface area (Å²) >= 11 is 0. The zero-order valence-electron chi connectivity index (χ0n) is 8.37. The van der Waals surface area contributed by atoms with Crippen LogP contribution in [0.25, 0.3) is 0 Å². The Kier molecular flexibility index (Phi) is 2.37. The molecule has 2 heteroatoms. The number of aliphatic hydroxyl groups is 2. The molecule has 2 aliphatic carbocycles. The molecule has 0 radical (unpaired) electrons. The van der Waals surface area contributed by atoms with E-state index in [1.165, 1.54) is 12.8 Å². The van der Waals surface area contributed by atoms with Gasteiger partial charge in [0, 0.05) is 5.41 Å². The highest BCUT2D eigenvalue weighted by Crippen LogP contribution is 2.47. The Morgan fingerprint density at radius 3 is 2.62 bits per heavy atom. The summed E-state index contributed by atoms with van der Waals surface area (Å²) in [7, 11) is 0. The van der Waals surface area contributed by atoms with Gasteiger partial charge in [-0.2, -0.15) is 0 Å². The molecule has 0 saturated heterocycles. The van der Waals surface area contributed by atoms with Gasteiger partial charge in [-0.25, -0.2) is 0 Å². The maximum atomic E-state index is 10.1. The first-order valence-corrected chi connectivity index (χ1v) is 5.51. The molecule has 2 bridgehead atoms. The van der Waals surface area contributed by atoms with Crippen LogP contribution in [-0.4, -0.2) is 22.4 Å². The smallest absolute Gasteiger partial charge is 0.0646 e. The zero-order chi connectivity index (χ0) is 9.47. The molecule has 0 spiro atoms. The topological polar surface area (TPSA) is 40.5 Å². The molecular formula is C11H20O2. The van der Waals surface area contributed by atoms with E-state index in [1.807, 2.05) is 0 Å². The second-order valence-electron chi connectivity index (χ2n) is 5.05. The van der Waals surface area contributed by atoms with Crippen LogP contribution in [0.1, 0.15) is 45.4 Å². The van der Waals surface area contributed by atoms with Crippen molar-refractivity contribution in [2.75, 3.05) is 0 Å². The average molecular weight is 184 g/mol. The summed E-state index contributed by atoms with van der Waals surface area (Å²) in [5.74, 6) is 0.455. The van der Waals surface area contributed by atoms with Crippen LogP contribution in [0.15, 0.2) is 0 Å². The van der Waals surface area contributed by atoms with Crippen molar-refractivity contribution >= 4 is 0 Å². The van der Waals surface area contributed by atoms with Gasteiger partial charge in [-0.15, -0.1) is 0 Å². The summed E-state index contributed by atoms with van der Waals surface area (Å²) < 4.78 is 0. The lowest BCUT2D eigenvalue weighted by molar-refractivity contribution is -0.116. The summed E-state index contributed by atoms with van der Waals surface area (Å²) in [6.45, 7) is 2.06. The summed E-state index contributed by atoms with van der Waals surface area (Å²) in [6.07, 6.45) is 5.90. The van der Waals surface area contributed by atoms with E-state index in [-0.39, 0.29) is 17.6 Å². The van der Waals surface area contributed by atoms with Gasteiger partial charge in [0.25, 0.3) is 0 Å². The minimum absolute atomic E-state index is 0.209. The number of hydrogen-bond acceptors (Lipinski definition) is 2. The van der Waals surface area contributed by atoms with Gasteiger partial charge in [0.1, 0.15) is 0 Å². The van der Waals surface area contributed by atoms with Gasteiger partial charge in [0.05, 0.1) is 12.2 Å². The molecule has 0 aliphatic heterocycles. The molecule has 0 amide bonds. The lowest BCUT2D eigenvalue weighted by Crippen LogP contribution is -2.49. The molecular weight excluding hydrogens is 164 g/mol. The van der Waals surface area contributed by atoms with E-state index in [4.69, 9.17) is 0 Å². The molecule has 0 aromatic heterocycles. The van der Waals surface area contributed by atoms with Gasteiger partial charge in [0.15, 0.2) is 0 Å². The Hall–Kier alpha value is -0.0800. The maximum Gasteiger partial charge on any atom is 0.0646 e. The monoisotopic (exact) mass is 184 g/mol. The predicted octanol–water partition coefficient (Wildman–Crippen LogP) is 1.70. The van der Waals surface area contributed by atoms with Crippen LogP contribution in [0.4, 0.5) is 0 Å². The summed E-state index contributed by atoms with van der Waals surface area (Å²) in [4.78, 5) is 0. The molecule has 2 aliphatic rings. The van der Waals surface area contributed by atoms with Gasteiger partial charge in [0.2, 0.25) is 0 Å². The first-order chi connectivity index (χ1) is 6.14. The maximum absolute atomic E-state index is 10.1. The Labute approximate surface area is 80.0 Å². The van der Waals surface area contributed by atoms with Crippen molar-refractivity contribution in [2.24, 2.45) is 11.3 Å². The molecule has 0 heterocycles. The molecule has 0 aromatic carbocycles. The lowest BCUT2D eigenvalue weighted by atomic mass is 9.65. The highest BCUT2D eigenvalue weighted by atomic mass is 16.3. The van der Waals surface area contributed by atoms with Crippen molar-refractivity contribution in [3.63, 3.8) is 0 Å². The van der Waals surface area contributed by atoms with Crippen LogP contribution in [0.5, 0.6) is 0 Å². The quantitative estimate of drug-likeness (QED) is 0.601. The molecule has 76 valence electrons. The molecule has 0 aromatic rings. The first kappa shape index (κ1) is 9.47. The standard InChI is InChI=1S/C11H20O2/c1-11-7-3-2-4-8(10(11)13)5-6-9(11)12/h8-10,12-13H,2-7H2,1H3. The first-order valence-electron chi connectivity index (χ1n) is 5.51. The minimum Gasteiger partial charge on any atom is -0.392 e. The van der Waals surface area contributed by atoms with E-state index < -0.39 is 0 Å². The number of rotatable bonds is 0. The predicted molar refractivity (Wildman–Crippen MR) is 51.3 cm³/mol. The molecule has 2 N–H and O–H groups in total. The average Bonchev–Trinajstić information content (AvgIpc) is 2.19. The molecule has 4 atom stereocenters. The molecule has 2 fully saturated rings. The van der Waals surface area contributed by atoms with E-state index in [0.717, 1.165) is 25.7 Å². The van der Waals surface area contributed by atoms with E-state index in [9.17, 15) is 10.2 Å². The molecule has 2 nitrogen and oxygen atoms in total. The van der Waals surface area contributed by atoms with Crippen LogP contribution in [-0.2, 0) is 0 Å². The third-order valence-electron chi connectivity index (χ3n) is 4.23. The van der Waals surface area contributed by atoms with E-state index >= 15 is 0 Å². The van der Waals surface area contributed by atoms with Crippen molar-refractivity contribution < 1.29 is 10.2 Å². The Morgan fingerprint density at radius 1 is 1.08 bits per heavy atom. The van der Waals surface area contributed by atoms with Crippen molar-refractivity contribution in [3.8, 4) is 0 Å². The van der Waals surface area contributed by atoms with Gasteiger partial charge in [-0.1, -0.05) is 19.8 Å². The fraction of sp³-hybridized carbons (Fsp3) is 1.00. The SMILES string of the molecule is CC12CCCCC(CCC1O)C2O. The van der Waals surface area contributed by atoms with Crippen molar-refractivity contribution in [1.82, 2.24) is 0 Å². The van der Waals surface area contributed by atoms with Crippen LogP contribution in [0, 0.1) is 11.3 Å². The fourth-order valence-corrected chi connectivity index (χ4v) is 3.12. The number of hydrogen-bond donors (Lipinski definition) is 2. The largest absolute Gasteiger partial charge is 0.392 e. The van der Waals surface area contributed by atoms with E-state index in [1.54, 1.807) is 0 Å². The van der Waals surface area contributed by atoms with Gasteiger partial charge < -0.3 is 10.2 Å². The second kappa shape index (κ2) is 3.25. The van der Waals surface area contributed by atoms with Gasteiger partial charge >= 0.3 is 0 Å². The van der Waals surface area contributed by atoms with Crippen molar-refractivity contribution in [1.29, 1.82) is 0 Å². The van der Waals surface area contributed by atoms with Gasteiger partial charge in [-0.3, -0.25) is 0 Å². The van der Waals surface area contributed by atoms with Crippen LogP contribution >= 0.6 is 0 Å². The fourth-order valence-electron chi connectivity index (χ4n) is 3.12. The second-order valence-corrected chi connectivity index (χ2v) is 5.05. The molecule has 2 saturated carbocycles. The third-order valence-corrected chi connectivity index (χ3v) is 4.23. The number of fused-ring (bicyclic) bond motifs is 2. The van der Waals surface area contributed by atoms with Crippen molar-refractivity contribution in [2.45, 2.75) is 57.7 Å². The third kappa shape index (κ3) is 1.40.